The first-order valence-electron chi connectivity index (χ1n) is 7.67. The molecule has 0 aromatic heterocycles. The van der Waals surface area contributed by atoms with Crippen LogP contribution in [0, 0.1) is 6.92 Å². The minimum absolute atomic E-state index is 0.149. The second-order valence-electron chi connectivity index (χ2n) is 5.65. The summed E-state index contributed by atoms with van der Waals surface area (Å²) in [6.45, 7) is 2.71. The lowest BCUT2D eigenvalue weighted by Gasteiger charge is -2.38. The second kappa shape index (κ2) is 7.76. The number of methoxy groups -OCH3 is 1. The fourth-order valence-corrected chi connectivity index (χ4v) is 2.73. The number of aryl methyl sites for hydroxylation is 1. The van der Waals surface area contributed by atoms with Crippen molar-refractivity contribution in [3.05, 3.63) is 23.8 Å². The molecule has 1 fully saturated rings. The van der Waals surface area contributed by atoms with Gasteiger partial charge in [-0.2, -0.15) is 0 Å². The second-order valence-corrected chi connectivity index (χ2v) is 5.65. The first-order valence-corrected chi connectivity index (χ1v) is 7.67. The van der Waals surface area contributed by atoms with E-state index in [0.717, 1.165) is 5.56 Å². The minimum Gasteiger partial charge on any atom is -0.493 e. The highest BCUT2D eigenvalue weighted by Crippen LogP contribution is 2.28. The monoisotopic (exact) mass is 338 g/mol. The molecule has 1 heterocycles. The van der Waals surface area contributed by atoms with Gasteiger partial charge < -0.3 is 29.5 Å². The molecule has 0 radical (unpaired) electrons. The van der Waals surface area contributed by atoms with Crippen molar-refractivity contribution in [2.24, 2.45) is 0 Å². The van der Waals surface area contributed by atoms with Crippen LogP contribution in [-0.4, -0.2) is 71.6 Å². The minimum atomic E-state index is -1.04. The number of ether oxygens (including phenoxy) is 2. The lowest BCUT2D eigenvalue weighted by Crippen LogP contribution is -2.56. The van der Waals surface area contributed by atoms with Gasteiger partial charge in [-0.3, -0.25) is 0 Å². The van der Waals surface area contributed by atoms with Gasteiger partial charge >= 0.3 is 12.2 Å². The van der Waals surface area contributed by atoms with Crippen molar-refractivity contribution in [1.82, 2.24) is 9.80 Å². The number of hydrogen-bond acceptors (Lipinski definition) is 4. The quantitative estimate of drug-likeness (QED) is 0.853. The topological polar surface area (TPSA) is 99.5 Å². The summed E-state index contributed by atoms with van der Waals surface area (Å²) < 4.78 is 11.0. The van der Waals surface area contributed by atoms with Crippen molar-refractivity contribution >= 4 is 12.2 Å². The lowest BCUT2D eigenvalue weighted by atomic mass is 10.1. The van der Waals surface area contributed by atoms with E-state index in [0.29, 0.717) is 17.9 Å². The lowest BCUT2D eigenvalue weighted by molar-refractivity contribution is 0.0561. The Morgan fingerprint density at radius 2 is 1.96 bits per heavy atom. The van der Waals surface area contributed by atoms with Crippen LogP contribution in [0.15, 0.2) is 18.2 Å². The van der Waals surface area contributed by atoms with Crippen LogP contribution >= 0.6 is 0 Å². The van der Waals surface area contributed by atoms with E-state index in [1.807, 2.05) is 19.1 Å². The number of carboxylic acid groups (broad SMARTS) is 2. The van der Waals surface area contributed by atoms with E-state index in [1.54, 1.807) is 13.2 Å². The van der Waals surface area contributed by atoms with Crippen LogP contribution in [-0.2, 0) is 0 Å². The third kappa shape index (κ3) is 4.21. The Morgan fingerprint density at radius 3 is 2.58 bits per heavy atom. The standard InChI is InChI=1S/C16H22N2O6/c1-11-3-4-13(14(9-11)23-2)24-8-5-12-10-17(15(19)20)6-7-18(12)16(21)22/h3-4,9,12H,5-8,10H2,1-2H3,(H,19,20)(H,21,22)/t12-/m1/s1. The highest BCUT2D eigenvalue weighted by molar-refractivity contribution is 5.68. The van der Waals surface area contributed by atoms with Crippen molar-refractivity contribution in [2.45, 2.75) is 19.4 Å². The van der Waals surface area contributed by atoms with Gasteiger partial charge in [-0.15, -0.1) is 0 Å². The van der Waals surface area contributed by atoms with Crippen LogP contribution in [0.5, 0.6) is 11.5 Å². The number of nitrogens with zero attached hydrogens (tertiary/aromatic N) is 2. The van der Waals surface area contributed by atoms with E-state index < -0.39 is 18.2 Å². The van der Waals surface area contributed by atoms with E-state index in [4.69, 9.17) is 14.6 Å². The summed E-state index contributed by atoms with van der Waals surface area (Å²) in [5, 5.41) is 18.4. The van der Waals surface area contributed by atoms with E-state index in [2.05, 4.69) is 0 Å². The number of hydrogen-bond donors (Lipinski definition) is 2. The van der Waals surface area contributed by atoms with Gasteiger partial charge in [-0.05, 0) is 24.6 Å². The first-order chi connectivity index (χ1) is 11.4. The molecular formula is C16H22N2O6. The Morgan fingerprint density at radius 1 is 1.21 bits per heavy atom. The Labute approximate surface area is 140 Å². The van der Waals surface area contributed by atoms with Gasteiger partial charge in [0.15, 0.2) is 11.5 Å². The van der Waals surface area contributed by atoms with Gasteiger partial charge in [0.25, 0.3) is 0 Å². The summed E-state index contributed by atoms with van der Waals surface area (Å²) >= 11 is 0. The van der Waals surface area contributed by atoms with Crippen molar-refractivity contribution in [2.75, 3.05) is 33.4 Å². The molecular weight excluding hydrogens is 316 g/mol. The maximum absolute atomic E-state index is 11.3. The van der Waals surface area contributed by atoms with E-state index in [-0.39, 0.29) is 26.2 Å². The molecule has 2 N–H and O–H groups in total. The Kier molecular flexibility index (Phi) is 5.73. The van der Waals surface area contributed by atoms with Crippen LogP contribution in [0.2, 0.25) is 0 Å². The highest BCUT2D eigenvalue weighted by Gasteiger charge is 2.32. The molecule has 1 aliphatic heterocycles. The predicted molar refractivity (Wildman–Crippen MR) is 86.0 cm³/mol. The Bertz CT molecular complexity index is 606. The first kappa shape index (κ1) is 17.7. The van der Waals surface area contributed by atoms with Crippen molar-refractivity contribution in [3.63, 3.8) is 0 Å². The molecule has 8 nitrogen and oxygen atoms in total. The molecule has 0 saturated carbocycles. The van der Waals surface area contributed by atoms with Crippen LogP contribution < -0.4 is 9.47 Å². The normalized spacial score (nSPS) is 17.5. The molecule has 1 saturated heterocycles. The molecule has 0 aliphatic carbocycles. The molecule has 2 amide bonds. The number of piperazine rings is 1. The molecule has 24 heavy (non-hydrogen) atoms. The average Bonchev–Trinajstić information content (AvgIpc) is 2.55. The van der Waals surface area contributed by atoms with Gasteiger partial charge in [0.2, 0.25) is 0 Å². The molecule has 2 rings (SSSR count). The maximum Gasteiger partial charge on any atom is 0.407 e. The van der Waals surface area contributed by atoms with Crippen molar-refractivity contribution in [3.8, 4) is 11.5 Å². The summed E-state index contributed by atoms with van der Waals surface area (Å²) in [7, 11) is 1.56. The molecule has 0 spiro atoms. The van der Waals surface area contributed by atoms with Crippen molar-refractivity contribution < 1.29 is 29.3 Å². The number of rotatable bonds is 5. The molecule has 0 bridgehead atoms. The molecule has 1 atom stereocenters. The van der Waals surface area contributed by atoms with Crippen LogP contribution in [0.4, 0.5) is 9.59 Å². The van der Waals surface area contributed by atoms with E-state index in [1.165, 1.54) is 9.80 Å². The summed E-state index contributed by atoms with van der Waals surface area (Å²) in [6, 6.07) is 5.12. The summed E-state index contributed by atoms with van der Waals surface area (Å²) in [6.07, 6.45) is -1.68. The predicted octanol–water partition coefficient (Wildman–Crippen LogP) is 2.11. The van der Waals surface area contributed by atoms with Gasteiger partial charge in [0.05, 0.1) is 19.8 Å². The zero-order valence-electron chi connectivity index (χ0n) is 13.8. The third-order valence-electron chi connectivity index (χ3n) is 4.03. The van der Waals surface area contributed by atoms with E-state index in [9.17, 15) is 14.7 Å². The van der Waals surface area contributed by atoms with Crippen LogP contribution in [0.1, 0.15) is 12.0 Å². The van der Waals surface area contributed by atoms with Crippen molar-refractivity contribution in [1.29, 1.82) is 0 Å². The van der Waals surface area contributed by atoms with Crippen LogP contribution in [0.3, 0.4) is 0 Å². The summed E-state index contributed by atoms with van der Waals surface area (Å²) in [5.41, 5.74) is 1.04. The molecule has 0 unspecified atom stereocenters. The largest absolute Gasteiger partial charge is 0.493 e. The average molecular weight is 338 g/mol. The highest BCUT2D eigenvalue weighted by atomic mass is 16.5. The molecule has 1 aromatic rings. The number of amides is 2. The van der Waals surface area contributed by atoms with Gasteiger partial charge in [-0.25, -0.2) is 9.59 Å². The molecule has 8 heteroatoms. The van der Waals surface area contributed by atoms with Gasteiger partial charge in [0.1, 0.15) is 0 Å². The SMILES string of the molecule is COc1cc(C)ccc1OCC[C@@H]1CN(C(=O)O)CCN1C(=O)O. The maximum atomic E-state index is 11.3. The number of benzene rings is 1. The zero-order valence-corrected chi connectivity index (χ0v) is 13.8. The van der Waals surface area contributed by atoms with Crippen LogP contribution in [0.25, 0.3) is 0 Å². The van der Waals surface area contributed by atoms with Gasteiger partial charge in [-0.1, -0.05) is 6.07 Å². The van der Waals surface area contributed by atoms with E-state index >= 15 is 0 Å². The molecule has 1 aliphatic rings. The summed E-state index contributed by atoms with van der Waals surface area (Å²) in [5.74, 6) is 1.19. The fraction of sp³-hybridized carbons (Fsp3) is 0.500. The smallest absolute Gasteiger partial charge is 0.407 e. The Balaban J connectivity index is 1.97. The zero-order chi connectivity index (χ0) is 17.7. The third-order valence-corrected chi connectivity index (χ3v) is 4.03. The molecule has 1 aromatic carbocycles. The molecule has 132 valence electrons. The number of carbonyl (C=O) groups is 2. The Hall–Kier alpha value is -2.64. The summed E-state index contributed by atoms with van der Waals surface area (Å²) in [4.78, 5) is 24.9. The fourth-order valence-electron chi connectivity index (χ4n) is 2.73. The van der Waals surface area contributed by atoms with Gasteiger partial charge in [0, 0.05) is 26.1 Å².